The smallest absolute Gasteiger partial charge is 0.410 e. The molecule has 128 valence electrons. The van der Waals surface area contributed by atoms with Gasteiger partial charge in [-0.05, 0) is 40.5 Å². The highest BCUT2D eigenvalue weighted by Gasteiger charge is 2.40. The molecule has 1 unspecified atom stereocenters. The summed E-state index contributed by atoms with van der Waals surface area (Å²) in [7, 11) is 0. The fourth-order valence-corrected chi connectivity index (χ4v) is 2.48. The van der Waals surface area contributed by atoms with Gasteiger partial charge in [0.25, 0.3) is 0 Å². The summed E-state index contributed by atoms with van der Waals surface area (Å²) in [4.78, 5) is 25.3. The quantitative estimate of drug-likeness (QED) is 0.817. The van der Waals surface area contributed by atoms with Gasteiger partial charge in [-0.3, -0.25) is 4.79 Å². The molecule has 1 heterocycles. The number of rotatable bonds is 6. The topological polar surface area (TPSA) is 67.9 Å². The maximum atomic E-state index is 12.1. The Labute approximate surface area is 133 Å². The zero-order chi connectivity index (χ0) is 16.8. The number of nitrogens with zero attached hydrogens (tertiary/aromatic N) is 1. The van der Waals surface area contributed by atoms with Crippen LogP contribution < -0.4 is 5.32 Å². The molecule has 0 spiro atoms. The fourth-order valence-electron chi connectivity index (χ4n) is 2.48. The van der Waals surface area contributed by atoms with E-state index in [2.05, 4.69) is 5.32 Å². The highest BCUT2D eigenvalue weighted by Crippen LogP contribution is 2.30. The maximum Gasteiger partial charge on any atom is 0.410 e. The first kappa shape index (κ1) is 18.7. The minimum atomic E-state index is -0.492. The van der Waals surface area contributed by atoms with Gasteiger partial charge in [0.1, 0.15) is 5.60 Å². The Balaban J connectivity index is 2.48. The third-order valence-corrected chi connectivity index (χ3v) is 3.72. The van der Waals surface area contributed by atoms with E-state index >= 15 is 0 Å². The Hall–Kier alpha value is -1.30. The second-order valence-corrected chi connectivity index (χ2v) is 6.74. The van der Waals surface area contributed by atoms with Crippen LogP contribution in [0.3, 0.4) is 0 Å². The Bertz CT molecular complexity index is 392. The number of ether oxygens (including phenoxy) is 2. The van der Waals surface area contributed by atoms with Gasteiger partial charge in [0.2, 0.25) is 5.91 Å². The summed E-state index contributed by atoms with van der Waals surface area (Å²) in [6, 6.07) is 0. The van der Waals surface area contributed by atoms with Crippen molar-refractivity contribution in [1.82, 2.24) is 10.2 Å². The van der Waals surface area contributed by atoms with E-state index in [-0.39, 0.29) is 17.6 Å². The normalized spacial score (nSPS) is 21.8. The van der Waals surface area contributed by atoms with Crippen molar-refractivity contribution >= 4 is 12.0 Å². The molecule has 1 saturated heterocycles. The molecule has 1 aliphatic rings. The molecule has 0 radical (unpaired) electrons. The first-order chi connectivity index (χ1) is 10.2. The molecule has 6 nitrogen and oxygen atoms in total. The van der Waals surface area contributed by atoms with Gasteiger partial charge in [0, 0.05) is 19.5 Å². The molecule has 2 amide bonds. The van der Waals surface area contributed by atoms with Crippen molar-refractivity contribution in [2.24, 2.45) is 0 Å². The zero-order valence-electron chi connectivity index (χ0n) is 14.5. The van der Waals surface area contributed by atoms with E-state index in [1.807, 2.05) is 34.6 Å². The van der Waals surface area contributed by atoms with E-state index in [0.717, 1.165) is 12.8 Å². The summed E-state index contributed by atoms with van der Waals surface area (Å²) in [5.74, 6) is -0.00394. The number of amides is 2. The molecule has 22 heavy (non-hydrogen) atoms. The van der Waals surface area contributed by atoms with Crippen LogP contribution in [0.4, 0.5) is 4.79 Å². The van der Waals surface area contributed by atoms with Gasteiger partial charge in [-0.25, -0.2) is 4.79 Å². The lowest BCUT2D eigenvalue weighted by molar-refractivity contribution is -0.124. The predicted molar refractivity (Wildman–Crippen MR) is 84.7 cm³/mol. The van der Waals surface area contributed by atoms with Gasteiger partial charge in [-0.1, -0.05) is 6.92 Å². The van der Waals surface area contributed by atoms with Crippen molar-refractivity contribution in [3.05, 3.63) is 0 Å². The molecule has 0 aliphatic carbocycles. The van der Waals surface area contributed by atoms with E-state index in [9.17, 15) is 9.59 Å². The minimum Gasteiger partial charge on any atom is -0.444 e. The summed E-state index contributed by atoms with van der Waals surface area (Å²) in [5.41, 5.74) is -0.850. The fraction of sp³-hybridized carbons (Fsp3) is 0.875. The number of carbonyl (C=O) groups is 2. The van der Waals surface area contributed by atoms with E-state index in [1.54, 1.807) is 4.90 Å². The highest BCUT2D eigenvalue weighted by atomic mass is 16.6. The summed E-state index contributed by atoms with van der Waals surface area (Å²) in [6.07, 6.45) is 1.64. The van der Waals surface area contributed by atoms with Crippen molar-refractivity contribution in [1.29, 1.82) is 0 Å². The van der Waals surface area contributed by atoms with E-state index < -0.39 is 5.60 Å². The molecular formula is C16H30N2O4. The molecule has 0 aromatic rings. The van der Waals surface area contributed by atoms with Crippen LogP contribution in [0.25, 0.3) is 0 Å². The predicted octanol–water partition coefficient (Wildman–Crippen LogP) is 2.32. The van der Waals surface area contributed by atoms with Crippen LogP contribution in [0.2, 0.25) is 0 Å². The second-order valence-electron chi connectivity index (χ2n) is 6.74. The molecule has 0 aromatic heterocycles. The van der Waals surface area contributed by atoms with Crippen LogP contribution in [0.1, 0.15) is 53.9 Å². The zero-order valence-corrected chi connectivity index (χ0v) is 14.5. The lowest BCUT2D eigenvalue weighted by Gasteiger charge is -2.29. The maximum absolute atomic E-state index is 12.1. The summed E-state index contributed by atoms with van der Waals surface area (Å²) >= 11 is 0. The average Bonchev–Trinajstić information content (AvgIpc) is 2.82. The first-order valence-electron chi connectivity index (χ1n) is 8.10. The van der Waals surface area contributed by atoms with Crippen LogP contribution in [-0.4, -0.2) is 54.3 Å². The van der Waals surface area contributed by atoms with Crippen molar-refractivity contribution in [2.75, 3.05) is 26.2 Å². The molecule has 1 N–H and O–H groups in total. The lowest BCUT2D eigenvalue weighted by atomic mass is 10.00. The number of nitrogens with one attached hydrogen (secondary N) is 1. The van der Waals surface area contributed by atoms with E-state index in [0.29, 0.717) is 32.7 Å². The Morgan fingerprint density at radius 2 is 1.95 bits per heavy atom. The van der Waals surface area contributed by atoms with Gasteiger partial charge in [0.15, 0.2) is 0 Å². The average molecular weight is 314 g/mol. The van der Waals surface area contributed by atoms with Crippen LogP contribution in [0.15, 0.2) is 0 Å². The SMILES string of the molecule is CCNC(=O)CCOC1(CC)CCN(C(=O)OC(C)(C)C)C1. The van der Waals surface area contributed by atoms with Crippen molar-refractivity contribution in [3.63, 3.8) is 0 Å². The van der Waals surface area contributed by atoms with Crippen molar-refractivity contribution in [3.8, 4) is 0 Å². The Morgan fingerprint density at radius 3 is 2.50 bits per heavy atom. The van der Waals surface area contributed by atoms with Crippen LogP contribution in [0.5, 0.6) is 0 Å². The molecular weight excluding hydrogens is 284 g/mol. The van der Waals surface area contributed by atoms with Crippen LogP contribution in [0, 0.1) is 0 Å². The first-order valence-corrected chi connectivity index (χ1v) is 8.10. The molecule has 1 rings (SSSR count). The molecule has 0 saturated carbocycles. The molecule has 0 aromatic carbocycles. The van der Waals surface area contributed by atoms with E-state index in [4.69, 9.17) is 9.47 Å². The second kappa shape index (κ2) is 7.81. The van der Waals surface area contributed by atoms with Crippen molar-refractivity contribution in [2.45, 2.75) is 65.1 Å². The molecule has 6 heteroatoms. The van der Waals surface area contributed by atoms with Crippen LogP contribution in [-0.2, 0) is 14.3 Å². The summed E-state index contributed by atoms with van der Waals surface area (Å²) in [5, 5.41) is 2.75. The minimum absolute atomic E-state index is 0.00394. The largest absolute Gasteiger partial charge is 0.444 e. The molecule has 1 fully saturated rings. The number of likely N-dealkylation sites (tertiary alicyclic amines) is 1. The third-order valence-electron chi connectivity index (χ3n) is 3.72. The Kier molecular flexibility index (Phi) is 6.66. The number of carbonyl (C=O) groups excluding carboxylic acids is 2. The van der Waals surface area contributed by atoms with Gasteiger partial charge in [0.05, 0.1) is 18.8 Å². The highest BCUT2D eigenvalue weighted by molar-refractivity contribution is 5.75. The van der Waals surface area contributed by atoms with Crippen LogP contribution >= 0.6 is 0 Å². The van der Waals surface area contributed by atoms with Gasteiger partial charge < -0.3 is 19.7 Å². The van der Waals surface area contributed by atoms with Crippen molar-refractivity contribution < 1.29 is 19.1 Å². The Morgan fingerprint density at radius 1 is 1.27 bits per heavy atom. The standard InChI is InChI=1S/C16H30N2O4/c1-6-16(21-11-8-13(19)17-7-2)9-10-18(12-16)14(20)22-15(3,4)5/h6-12H2,1-5H3,(H,17,19). The van der Waals surface area contributed by atoms with E-state index in [1.165, 1.54) is 0 Å². The molecule has 1 aliphatic heterocycles. The van der Waals surface area contributed by atoms with Gasteiger partial charge >= 0.3 is 6.09 Å². The molecule has 0 bridgehead atoms. The van der Waals surface area contributed by atoms with Gasteiger partial charge in [-0.2, -0.15) is 0 Å². The summed E-state index contributed by atoms with van der Waals surface area (Å²) in [6.45, 7) is 11.7. The van der Waals surface area contributed by atoms with Gasteiger partial charge in [-0.15, -0.1) is 0 Å². The number of hydrogen-bond donors (Lipinski definition) is 1. The molecule has 1 atom stereocenters. The summed E-state index contributed by atoms with van der Waals surface area (Å²) < 4.78 is 11.4. The third kappa shape index (κ3) is 5.83. The number of hydrogen-bond acceptors (Lipinski definition) is 4. The lowest BCUT2D eigenvalue weighted by Crippen LogP contribution is -2.40. The monoisotopic (exact) mass is 314 g/mol.